The van der Waals surface area contributed by atoms with Gasteiger partial charge in [0.25, 0.3) is 0 Å². The van der Waals surface area contributed by atoms with Crippen LogP contribution in [-0.2, 0) is 5.41 Å². The van der Waals surface area contributed by atoms with Gasteiger partial charge in [-0.15, -0.1) is 0 Å². The maximum absolute atomic E-state index is 6.19. The van der Waals surface area contributed by atoms with Gasteiger partial charge >= 0.3 is 0 Å². The molecule has 0 saturated heterocycles. The van der Waals surface area contributed by atoms with Crippen molar-refractivity contribution in [1.82, 2.24) is 0 Å². The van der Waals surface area contributed by atoms with Gasteiger partial charge in [-0.1, -0.05) is 27.5 Å². The molecule has 1 aromatic rings. The summed E-state index contributed by atoms with van der Waals surface area (Å²) in [5.41, 5.74) is 7.18. The van der Waals surface area contributed by atoms with Crippen molar-refractivity contribution >= 4 is 27.5 Å². The van der Waals surface area contributed by atoms with E-state index in [9.17, 15) is 0 Å². The summed E-state index contributed by atoms with van der Waals surface area (Å²) in [6, 6.07) is 6.06. The van der Waals surface area contributed by atoms with Crippen molar-refractivity contribution in [3.8, 4) is 0 Å². The third-order valence-corrected chi connectivity index (χ3v) is 3.80. The Labute approximate surface area is 97.8 Å². The van der Waals surface area contributed by atoms with Crippen LogP contribution in [-0.4, -0.2) is 6.54 Å². The van der Waals surface area contributed by atoms with Gasteiger partial charge in [0.2, 0.25) is 0 Å². The van der Waals surface area contributed by atoms with Crippen LogP contribution in [0, 0.1) is 0 Å². The number of halogens is 2. The summed E-state index contributed by atoms with van der Waals surface area (Å²) < 4.78 is 1.10. The first-order chi connectivity index (χ1) is 6.68. The van der Waals surface area contributed by atoms with Gasteiger partial charge in [0.1, 0.15) is 0 Å². The number of hydrogen-bond acceptors (Lipinski definition) is 1. The Morgan fingerprint density at radius 1 is 1.43 bits per heavy atom. The first kappa shape index (κ1) is 10.5. The number of benzene rings is 1. The van der Waals surface area contributed by atoms with Crippen LogP contribution in [0.3, 0.4) is 0 Å². The molecule has 1 aliphatic rings. The van der Waals surface area contributed by atoms with E-state index in [-0.39, 0.29) is 5.41 Å². The normalized spacial score (nSPS) is 18.2. The minimum Gasteiger partial charge on any atom is -0.330 e. The Bertz CT molecular complexity index is 347. The molecule has 0 atom stereocenters. The molecule has 0 heterocycles. The van der Waals surface area contributed by atoms with Gasteiger partial charge < -0.3 is 5.73 Å². The van der Waals surface area contributed by atoms with Gasteiger partial charge in [-0.25, -0.2) is 0 Å². The number of nitrogens with two attached hydrogens (primary N) is 1. The van der Waals surface area contributed by atoms with Crippen LogP contribution >= 0.6 is 27.5 Å². The van der Waals surface area contributed by atoms with Crippen LogP contribution in [0.4, 0.5) is 0 Å². The van der Waals surface area contributed by atoms with Crippen molar-refractivity contribution in [2.45, 2.75) is 24.7 Å². The van der Waals surface area contributed by atoms with Crippen LogP contribution in [0.1, 0.15) is 24.8 Å². The van der Waals surface area contributed by atoms with Gasteiger partial charge in [0, 0.05) is 9.50 Å². The number of rotatable bonds is 3. The largest absolute Gasteiger partial charge is 0.330 e. The van der Waals surface area contributed by atoms with Crippen LogP contribution in [0.25, 0.3) is 0 Å². The highest BCUT2D eigenvalue weighted by Crippen LogP contribution is 2.53. The van der Waals surface area contributed by atoms with E-state index in [0.29, 0.717) is 0 Å². The summed E-state index contributed by atoms with van der Waals surface area (Å²) >= 11 is 9.67. The third kappa shape index (κ3) is 1.83. The number of hydrogen-bond donors (Lipinski definition) is 1. The predicted molar refractivity (Wildman–Crippen MR) is 63.7 cm³/mol. The molecule has 0 aromatic heterocycles. The zero-order valence-electron chi connectivity index (χ0n) is 7.89. The lowest BCUT2D eigenvalue weighted by Crippen LogP contribution is -2.13. The predicted octanol–water partition coefficient (Wildman–Crippen LogP) is 3.48. The molecule has 1 aliphatic carbocycles. The van der Waals surface area contributed by atoms with Crippen molar-refractivity contribution in [1.29, 1.82) is 0 Å². The maximum Gasteiger partial charge on any atom is 0.0444 e. The zero-order chi connectivity index (χ0) is 10.2. The smallest absolute Gasteiger partial charge is 0.0444 e. The molecular formula is C11H13BrClN. The molecule has 2 rings (SSSR count). The van der Waals surface area contributed by atoms with E-state index in [1.807, 2.05) is 12.1 Å². The quantitative estimate of drug-likeness (QED) is 0.897. The Morgan fingerprint density at radius 2 is 2.14 bits per heavy atom. The lowest BCUT2D eigenvalue weighted by Gasteiger charge is -2.16. The molecule has 1 aromatic carbocycles. The second-order valence-electron chi connectivity index (χ2n) is 3.94. The molecule has 2 N–H and O–H groups in total. The molecule has 1 nitrogen and oxygen atoms in total. The van der Waals surface area contributed by atoms with Crippen molar-refractivity contribution < 1.29 is 0 Å². The van der Waals surface area contributed by atoms with Crippen LogP contribution < -0.4 is 5.73 Å². The molecule has 0 spiro atoms. The molecule has 0 unspecified atom stereocenters. The average Bonchev–Trinajstić information content (AvgIpc) is 2.91. The molecule has 76 valence electrons. The third-order valence-electron chi connectivity index (χ3n) is 2.98. The Hall–Kier alpha value is -0.0500. The Balaban J connectivity index is 2.35. The van der Waals surface area contributed by atoms with Gasteiger partial charge in [-0.05, 0) is 55.0 Å². The molecule has 0 amide bonds. The van der Waals surface area contributed by atoms with Crippen LogP contribution in [0.2, 0.25) is 5.02 Å². The van der Waals surface area contributed by atoms with Crippen molar-refractivity contribution in [3.63, 3.8) is 0 Å². The molecule has 0 aliphatic heterocycles. The van der Waals surface area contributed by atoms with Crippen LogP contribution in [0.15, 0.2) is 22.7 Å². The summed E-state index contributed by atoms with van der Waals surface area (Å²) in [5.74, 6) is 0. The minimum atomic E-state index is 0.287. The van der Waals surface area contributed by atoms with E-state index in [0.717, 1.165) is 22.5 Å². The fourth-order valence-corrected chi connectivity index (χ4v) is 2.66. The Kier molecular flexibility index (Phi) is 2.87. The topological polar surface area (TPSA) is 26.0 Å². The van der Waals surface area contributed by atoms with Gasteiger partial charge in [-0.3, -0.25) is 0 Å². The van der Waals surface area contributed by atoms with E-state index in [1.165, 1.54) is 18.4 Å². The van der Waals surface area contributed by atoms with E-state index >= 15 is 0 Å². The minimum absolute atomic E-state index is 0.287. The van der Waals surface area contributed by atoms with E-state index in [1.54, 1.807) is 0 Å². The molecular weight excluding hydrogens is 261 g/mol. The highest BCUT2D eigenvalue weighted by Gasteiger charge is 2.44. The van der Waals surface area contributed by atoms with E-state index < -0.39 is 0 Å². The molecule has 1 saturated carbocycles. The first-order valence-electron chi connectivity index (χ1n) is 4.83. The second kappa shape index (κ2) is 3.84. The summed E-state index contributed by atoms with van der Waals surface area (Å²) in [6.07, 6.45) is 3.49. The SMILES string of the molecule is NCCC1(c2cc(Br)ccc2Cl)CC1. The lowest BCUT2D eigenvalue weighted by molar-refractivity contribution is 0.629. The molecule has 3 heteroatoms. The monoisotopic (exact) mass is 273 g/mol. The fourth-order valence-electron chi connectivity index (χ4n) is 1.99. The first-order valence-corrected chi connectivity index (χ1v) is 6.01. The zero-order valence-corrected chi connectivity index (χ0v) is 10.2. The highest BCUT2D eigenvalue weighted by molar-refractivity contribution is 9.10. The molecule has 0 radical (unpaired) electrons. The standard InChI is InChI=1S/C11H13BrClN/c12-8-1-2-10(13)9(7-8)11(3-4-11)5-6-14/h1-2,7H,3-6,14H2. The molecule has 0 bridgehead atoms. The molecule has 1 fully saturated rings. The maximum atomic E-state index is 6.19. The van der Waals surface area contributed by atoms with E-state index in [2.05, 4.69) is 22.0 Å². The molecule has 14 heavy (non-hydrogen) atoms. The summed E-state index contributed by atoms with van der Waals surface area (Å²) in [7, 11) is 0. The summed E-state index contributed by atoms with van der Waals surface area (Å²) in [6.45, 7) is 0.739. The summed E-state index contributed by atoms with van der Waals surface area (Å²) in [4.78, 5) is 0. The van der Waals surface area contributed by atoms with Gasteiger partial charge in [-0.2, -0.15) is 0 Å². The Morgan fingerprint density at radius 3 is 2.71 bits per heavy atom. The second-order valence-corrected chi connectivity index (χ2v) is 5.27. The fraction of sp³-hybridized carbons (Fsp3) is 0.455. The summed E-state index contributed by atoms with van der Waals surface area (Å²) in [5, 5.41) is 0.874. The lowest BCUT2D eigenvalue weighted by atomic mass is 9.92. The van der Waals surface area contributed by atoms with Gasteiger partial charge in [0.05, 0.1) is 0 Å². The van der Waals surface area contributed by atoms with Crippen molar-refractivity contribution in [2.24, 2.45) is 5.73 Å². The van der Waals surface area contributed by atoms with Gasteiger partial charge in [0.15, 0.2) is 0 Å². The highest BCUT2D eigenvalue weighted by atomic mass is 79.9. The average molecular weight is 275 g/mol. The van der Waals surface area contributed by atoms with E-state index in [4.69, 9.17) is 17.3 Å². The van der Waals surface area contributed by atoms with Crippen LogP contribution in [0.5, 0.6) is 0 Å². The van der Waals surface area contributed by atoms with Crippen molar-refractivity contribution in [3.05, 3.63) is 33.3 Å². The van der Waals surface area contributed by atoms with Crippen molar-refractivity contribution in [2.75, 3.05) is 6.54 Å².